The van der Waals surface area contributed by atoms with Crippen molar-refractivity contribution in [2.45, 2.75) is 70.4 Å². The van der Waals surface area contributed by atoms with Gasteiger partial charge in [-0.05, 0) is 39.2 Å². The van der Waals surface area contributed by atoms with Crippen molar-refractivity contribution in [3.8, 4) is 0 Å². The minimum absolute atomic E-state index is 0.118. The summed E-state index contributed by atoms with van der Waals surface area (Å²) in [5.41, 5.74) is 1.06. The molecule has 0 saturated carbocycles. The Balaban J connectivity index is 1.77. The third kappa shape index (κ3) is 5.84. The van der Waals surface area contributed by atoms with Gasteiger partial charge in [0.05, 0.1) is 24.4 Å². The van der Waals surface area contributed by atoms with Crippen LogP contribution in [0.2, 0.25) is 0 Å². The van der Waals surface area contributed by atoms with Gasteiger partial charge in [0.1, 0.15) is 0 Å². The van der Waals surface area contributed by atoms with E-state index in [1.165, 1.54) is 0 Å². The Morgan fingerprint density at radius 2 is 1.87 bits per heavy atom. The molecular formula is C18H28N2O3. The number of ether oxygens (including phenoxy) is 1. The zero-order valence-electron chi connectivity index (χ0n) is 14.2. The Labute approximate surface area is 138 Å². The van der Waals surface area contributed by atoms with Gasteiger partial charge in [0.15, 0.2) is 0 Å². The minimum Gasteiger partial charge on any atom is -0.391 e. The molecule has 1 aliphatic heterocycles. The molecule has 1 aliphatic rings. The molecule has 1 aromatic carbocycles. The zero-order valence-corrected chi connectivity index (χ0v) is 14.2. The number of benzene rings is 1. The lowest BCUT2D eigenvalue weighted by molar-refractivity contribution is -0.0402. The van der Waals surface area contributed by atoms with E-state index in [0.717, 1.165) is 18.4 Å². The first-order valence-corrected chi connectivity index (χ1v) is 8.38. The van der Waals surface area contributed by atoms with Crippen LogP contribution in [-0.4, -0.2) is 41.5 Å². The highest BCUT2D eigenvalue weighted by atomic mass is 16.5. The van der Waals surface area contributed by atoms with Gasteiger partial charge in [-0.3, -0.25) is 0 Å². The molecule has 0 radical (unpaired) electrons. The summed E-state index contributed by atoms with van der Waals surface area (Å²) in [6, 6.07) is 9.36. The van der Waals surface area contributed by atoms with E-state index in [9.17, 15) is 9.90 Å². The number of amides is 2. The van der Waals surface area contributed by atoms with E-state index < -0.39 is 6.10 Å². The lowest BCUT2D eigenvalue weighted by Crippen LogP contribution is -2.51. The van der Waals surface area contributed by atoms with Crippen LogP contribution in [0, 0.1) is 0 Å². The maximum Gasteiger partial charge on any atom is 0.315 e. The minimum atomic E-state index is -0.615. The fourth-order valence-electron chi connectivity index (χ4n) is 3.09. The van der Waals surface area contributed by atoms with E-state index in [-0.39, 0.29) is 30.3 Å². The van der Waals surface area contributed by atoms with E-state index in [1.807, 2.05) is 51.1 Å². The smallest absolute Gasteiger partial charge is 0.315 e. The summed E-state index contributed by atoms with van der Waals surface area (Å²) >= 11 is 0. The molecule has 1 saturated heterocycles. The van der Waals surface area contributed by atoms with Crippen molar-refractivity contribution >= 4 is 6.03 Å². The number of aliphatic hydroxyl groups excluding tert-OH is 1. The van der Waals surface area contributed by atoms with Gasteiger partial charge in [0.25, 0.3) is 0 Å². The molecule has 1 heterocycles. The second kappa shape index (κ2) is 8.31. The SMILES string of the molecule is CC1CC(NC(=O)NC(C)C(O)Cc2ccccc2)CC(C)O1. The zero-order chi connectivity index (χ0) is 16.8. The molecule has 0 bridgehead atoms. The van der Waals surface area contributed by atoms with Gasteiger partial charge in [-0.25, -0.2) is 4.79 Å². The highest BCUT2D eigenvalue weighted by Crippen LogP contribution is 2.18. The average molecular weight is 320 g/mol. The van der Waals surface area contributed by atoms with Crippen LogP contribution < -0.4 is 10.6 Å². The largest absolute Gasteiger partial charge is 0.391 e. The molecule has 0 aliphatic carbocycles. The fourth-order valence-corrected chi connectivity index (χ4v) is 3.09. The molecule has 2 amide bonds. The standard InChI is InChI=1S/C18H28N2O3/c1-12-9-16(10-13(2)23-12)20-18(22)19-14(3)17(21)11-15-7-5-4-6-8-15/h4-8,12-14,16-17,21H,9-11H2,1-3H3,(H2,19,20,22). The van der Waals surface area contributed by atoms with Crippen LogP contribution in [0.25, 0.3) is 0 Å². The highest BCUT2D eigenvalue weighted by molar-refractivity contribution is 5.74. The van der Waals surface area contributed by atoms with Crippen molar-refractivity contribution in [3.05, 3.63) is 35.9 Å². The lowest BCUT2D eigenvalue weighted by Gasteiger charge is -2.33. The van der Waals surface area contributed by atoms with Gasteiger partial charge in [-0.15, -0.1) is 0 Å². The molecule has 1 aromatic rings. The number of rotatable bonds is 5. The summed E-state index contributed by atoms with van der Waals surface area (Å²) in [5, 5.41) is 16.1. The average Bonchev–Trinajstić information content (AvgIpc) is 2.46. The number of carbonyl (C=O) groups is 1. The predicted octanol–water partition coefficient (Wildman–Crippen LogP) is 2.23. The number of urea groups is 1. The van der Waals surface area contributed by atoms with Crippen LogP contribution in [0.5, 0.6) is 0 Å². The van der Waals surface area contributed by atoms with Crippen molar-refractivity contribution < 1.29 is 14.6 Å². The number of hydrogen-bond acceptors (Lipinski definition) is 3. The Hall–Kier alpha value is -1.59. The molecule has 0 aromatic heterocycles. The summed E-state index contributed by atoms with van der Waals surface area (Å²) < 4.78 is 5.67. The molecule has 2 rings (SSSR count). The monoisotopic (exact) mass is 320 g/mol. The number of carbonyl (C=O) groups excluding carboxylic acids is 1. The van der Waals surface area contributed by atoms with Gasteiger partial charge >= 0.3 is 6.03 Å². The summed E-state index contributed by atoms with van der Waals surface area (Å²) in [4.78, 5) is 12.1. The summed E-state index contributed by atoms with van der Waals surface area (Å²) in [6.07, 6.45) is 1.86. The van der Waals surface area contributed by atoms with Crippen molar-refractivity contribution in [2.75, 3.05) is 0 Å². The van der Waals surface area contributed by atoms with Crippen LogP contribution in [-0.2, 0) is 11.2 Å². The molecule has 128 valence electrons. The lowest BCUT2D eigenvalue weighted by atomic mass is 10.00. The fraction of sp³-hybridized carbons (Fsp3) is 0.611. The van der Waals surface area contributed by atoms with E-state index in [4.69, 9.17) is 4.74 Å². The molecular weight excluding hydrogens is 292 g/mol. The van der Waals surface area contributed by atoms with Crippen LogP contribution >= 0.6 is 0 Å². The van der Waals surface area contributed by atoms with Crippen molar-refractivity contribution in [1.29, 1.82) is 0 Å². The normalized spacial score (nSPS) is 27.0. The van der Waals surface area contributed by atoms with Gasteiger partial charge in [-0.1, -0.05) is 30.3 Å². The van der Waals surface area contributed by atoms with E-state index >= 15 is 0 Å². The van der Waals surface area contributed by atoms with Gasteiger partial charge in [-0.2, -0.15) is 0 Å². The quantitative estimate of drug-likeness (QED) is 0.779. The van der Waals surface area contributed by atoms with Crippen LogP contribution in [0.4, 0.5) is 4.79 Å². The molecule has 23 heavy (non-hydrogen) atoms. The summed E-state index contributed by atoms with van der Waals surface area (Å²) in [7, 11) is 0. The van der Waals surface area contributed by atoms with E-state index in [0.29, 0.717) is 6.42 Å². The maximum atomic E-state index is 12.1. The molecule has 5 heteroatoms. The first kappa shape index (κ1) is 17.8. The van der Waals surface area contributed by atoms with Gasteiger partial charge in [0.2, 0.25) is 0 Å². The second-order valence-electron chi connectivity index (χ2n) is 6.59. The second-order valence-corrected chi connectivity index (χ2v) is 6.59. The molecule has 1 fully saturated rings. The first-order valence-electron chi connectivity index (χ1n) is 8.38. The molecule has 4 unspecified atom stereocenters. The van der Waals surface area contributed by atoms with Crippen LogP contribution in [0.3, 0.4) is 0 Å². The number of hydrogen-bond donors (Lipinski definition) is 3. The Morgan fingerprint density at radius 3 is 2.48 bits per heavy atom. The molecule has 3 N–H and O–H groups in total. The van der Waals surface area contributed by atoms with Crippen molar-refractivity contribution in [1.82, 2.24) is 10.6 Å². The number of aliphatic hydroxyl groups is 1. The van der Waals surface area contributed by atoms with Gasteiger partial charge < -0.3 is 20.5 Å². The molecule has 4 atom stereocenters. The van der Waals surface area contributed by atoms with Crippen molar-refractivity contribution in [3.63, 3.8) is 0 Å². The predicted molar refractivity (Wildman–Crippen MR) is 90.3 cm³/mol. The van der Waals surface area contributed by atoms with E-state index in [2.05, 4.69) is 10.6 Å². The maximum absolute atomic E-state index is 12.1. The van der Waals surface area contributed by atoms with Gasteiger partial charge in [0, 0.05) is 12.5 Å². The Kier molecular flexibility index (Phi) is 6.42. The Morgan fingerprint density at radius 1 is 1.26 bits per heavy atom. The van der Waals surface area contributed by atoms with E-state index in [1.54, 1.807) is 0 Å². The van der Waals surface area contributed by atoms with Crippen LogP contribution in [0.15, 0.2) is 30.3 Å². The third-order valence-corrected chi connectivity index (χ3v) is 4.26. The van der Waals surface area contributed by atoms with Crippen LogP contribution in [0.1, 0.15) is 39.2 Å². The van der Waals surface area contributed by atoms with Crippen molar-refractivity contribution in [2.24, 2.45) is 0 Å². The number of nitrogens with one attached hydrogen (secondary N) is 2. The topological polar surface area (TPSA) is 70.6 Å². The molecule has 5 nitrogen and oxygen atoms in total. The summed E-state index contributed by atoms with van der Waals surface area (Å²) in [6.45, 7) is 5.87. The molecule has 0 spiro atoms. The third-order valence-electron chi connectivity index (χ3n) is 4.26. The Bertz CT molecular complexity index is 484. The summed E-state index contributed by atoms with van der Waals surface area (Å²) in [5.74, 6) is 0. The first-order chi connectivity index (χ1) is 10.9. The highest BCUT2D eigenvalue weighted by Gasteiger charge is 2.26.